The molecule has 0 amide bonds. The van der Waals surface area contributed by atoms with Crippen molar-refractivity contribution in [2.24, 2.45) is 0 Å². The zero-order chi connectivity index (χ0) is 12.7. The van der Waals surface area contributed by atoms with E-state index >= 15 is 0 Å². The molecule has 0 saturated carbocycles. The molecule has 3 heteroatoms. The van der Waals surface area contributed by atoms with Crippen LogP contribution < -0.4 is 4.74 Å². The minimum absolute atomic E-state index is 0.443. The van der Waals surface area contributed by atoms with E-state index in [0.717, 1.165) is 30.9 Å². The fraction of sp³-hybridized carbons (Fsp3) is 0.571. The highest BCUT2D eigenvalue weighted by Crippen LogP contribution is 2.18. The second-order valence-electron chi connectivity index (χ2n) is 4.12. The predicted octanol–water partition coefficient (Wildman–Crippen LogP) is 2.46. The molecule has 0 radical (unpaired) electrons. The molecule has 0 aromatic heterocycles. The van der Waals surface area contributed by atoms with Gasteiger partial charge in [0.2, 0.25) is 0 Å². The van der Waals surface area contributed by atoms with E-state index in [2.05, 4.69) is 18.7 Å². The van der Waals surface area contributed by atoms with E-state index in [0.29, 0.717) is 6.61 Å². The van der Waals surface area contributed by atoms with Gasteiger partial charge in [-0.1, -0.05) is 26.0 Å². The summed E-state index contributed by atoms with van der Waals surface area (Å²) >= 11 is 0. The largest absolute Gasteiger partial charge is 0.492 e. The van der Waals surface area contributed by atoms with Gasteiger partial charge >= 0.3 is 0 Å². The van der Waals surface area contributed by atoms with Crippen molar-refractivity contribution in [3.05, 3.63) is 29.8 Å². The fourth-order valence-electron chi connectivity index (χ4n) is 1.70. The van der Waals surface area contributed by atoms with Gasteiger partial charge in [-0.25, -0.2) is 0 Å². The zero-order valence-electron chi connectivity index (χ0n) is 11.0. The fourth-order valence-corrected chi connectivity index (χ4v) is 1.70. The van der Waals surface area contributed by atoms with Crippen molar-refractivity contribution in [3.8, 4) is 5.75 Å². The minimum atomic E-state index is -0.443. The first-order chi connectivity index (χ1) is 8.17. The molecule has 17 heavy (non-hydrogen) atoms. The molecule has 1 unspecified atom stereocenters. The zero-order valence-corrected chi connectivity index (χ0v) is 11.0. The van der Waals surface area contributed by atoms with Gasteiger partial charge in [-0.05, 0) is 37.7 Å². The Kier molecular flexibility index (Phi) is 6.01. The number of ether oxygens (including phenoxy) is 1. The average molecular weight is 237 g/mol. The third-order valence-electron chi connectivity index (χ3n) is 2.91. The Hall–Kier alpha value is -1.06. The van der Waals surface area contributed by atoms with Crippen molar-refractivity contribution in [2.75, 3.05) is 26.2 Å². The van der Waals surface area contributed by atoms with E-state index in [1.165, 1.54) is 0 Å². The molecule has 0 aliphatic rings. The molecular weight excluding hydrogens is 214 g/mol. The number of hydrogen-bond acceptors (Lipinski definition) is 3. The highest BCUT2D eigenvalue weighted by molar-refractivity contribution is 5.29. The summed E-state index contributed by atoms with van der Waals surface area (Å²) in [4.78, 5) is 2.32. The summed E-state index contributed by atoms with van der Waals surface area (Å²) in [5.41, 5.74) is 0.894. The quantitative estimate of drug-likeness (QED) is 0.790. The first-order valence-corrected chi connectivity index (χ1v) is 6.30. The Balaban J connectivity index is 2.43. The number of benzene rings is 1. The normalized spacial score (nSPS) is 12.8. The summed E-state index contributed by atoms with van der Waals surface area (Å²) in [6, 6.07) is 7.64. The second-order valence-corrected chi connectivity index (χ2v) is 4.12. The maximum Gasteiger partial charge on any atom is 0.119 e. The van der Waals surface area contributed by atoms with Crippen molar-refractivity contribution in [3.63, 3.8) is 0 Å². The van der Waals surface area contributed by atoms with Crippen molar-refractivity contribution in [1.29, 1.82) is 0 Å². The average Bonchev–Trinajstić information content (AvgIpc) is 2.35. The molecular formula is C14H23NO2. The Morgan fingerprint density at radius 3 is 2.59 bits per heavy atom. The predicted molar refractivity (Wildman–Crippen MR) is 70.4 cm³/mol. The number of aliphatic hydroxyl groups is 1. The van der Waals surface area contributed by atoms with Gasteiger partial charge in [-0.2, -0.15) is 0 Å². The third-order valence-corrected chi connectivity index (χ3v) is 2.91. The molecule has 0 aliphatic heterocycles. The summed E-state index contributed by atoms with van der Waals surface area (Å²) in [5, 5.41) is 9.47. The number of rotatable bonds is 7. The van der Waals surface area contributed by atoms with Gasteiger partial charge in [0.1, 0.15) is 12.4 Å². The van der Waals surface area contributed by atoms with E-state index in [9.17, 15) is 5.11 Å². The van der Waals surface area contributed by atoms with E-state index in [1.54, 1.807) is 6.92 Å². The lowest BCUT2D eigenvalue weighted by molar-refractivity contribution is 0.197. The molecule has 96 valence electrons. The maximum absolute atomic E-state index is 9.47. The molecule has 0 aliphatic carbocycles. The Labute approximate surface area is 104 Å². The van der Waals surface area contributed by atoms with E-state index in [1.807, 2.05) is 24.3 Å². The molecule has 1 aromatic rings. The Morgan fingerprint density at radius 2 is 2.00 bits per heavy atom. The highest BCUT2D eigenvalue weighted by Gasteiger charge is 2.03. The van der Waals surface area contributed by atoms with E-state index in [4.69, 9.17) is 4.74 Å². The van der Waals surface area contributed by atoms with Crippen molar-refractivity contribution in [2.45, 2.75) is 26.9 Å². The number of aliphatic hydroxyl groups excluding tert-OH is 1. The SMILES string of the molecule is CCN(CC)CCOc1cccc(C(C)O)c1. The number of likely N-dealkylation sites (N-methyl/N-ethyl adjacent to an activating group) is 1. The van der Waals surface area contributed by atoms with Crippen molar-refractivity contribution < 1.29 is 9.84 Å². The van der Waals surface area contributed by atoms with Crippen molar-refractivity contribution in [1.82, 2.24) is 4.90 Å². The van der Waals surface area contributed by atoms with Crippen LogP contribution in [-0.4, -0.2) is 36.2 Å². The van der Waals surface area contributed by atoms with Crippen molar-refractivity contribution >= 4 is 0 Å². The number of nitrogens with zero attached hydrogens (tertiary/aromatic N) is 1. The topological polar surface area (TPSA) is 32.7 Å². The van der Waals surface area contributed by atoms with E-state index in [-0.39, 0.29) is 0 Å². The van der Waals surface area contributed by atoms with Crippen LogP contribution in [-0.2, 0) is 0 Å². The molecule has 1 rings (SSSR count). The molecule has 1 aromatic carbocycles. The molecule has 1 N–H and O–H groups in total. The number of hydrogen-bond donors (Lipinski definition) is 1. The summed E-state index contributed by atoms with van der Waals surface area (Å²) in [7, 11) is 0. The molecule has 0 saturated heterocycles. The smallest absolute Gasteiger partial charge is 0.119 e. The molecule has 0 heterocycles. The monoisotopic (exact) mass is 237 g/mol. The van der Waals surface area contributed by atoms with Gasteiger partial charge in [0.15, 0.2) is 0 Å². The van der Waals surface area contributed by atoms with Crippen LogP contribution >= 0.6 is 0 Å². The first-order valence-electron chi connectivity index (χ1n) is 6.30. The molecule has 0 fully saturated rings. The molecule has 0 bridgehead atoms. The van der Waals surface area contributed by atoms with Gasteiger partial charge in [-0.15, -0.1) is 0 Å². The van der Waals surface area contributed by atoms with Crippen LogP contribution in [0.4, 0.5) is 0 Å². The van der Waals surface area contributed by atoms with Gasteiger partial charge in [-0.3, -0.25) is 0 Å². The lowest BCUT2D eigenvalue weighted by Gasteiger charge is -2.18. The highest BCUT2D eigenvalue weighted by atomic mass is 16.5. The van der Waals surface area contributed by atoms with Crippen LogP contribution in [0.15, 0.2) is 24.3 Å². The lowest BCUT2D eigenvalue weighted by Crippen LogP contribution is -2.27. The third kappa shape index (κ3) is 4.75. The Morgan fingerprint density at radius 1 is 1.29 bits per heavy atom. The standard InChI is InChI=1S/C14H23NO2/c1-4-15(5-2)9-10-17-14-8-6-7-13(11-14)12(3)16/h6-8,11-12,16H,4-5,9-10H2,1-3H3. The second kappa shape index (κ2) is 7.30. The van der Waals surface area contributed by atoms with Gasteiger partial charge in [0.05, 0.1) is 6.10 Å². The lowest BCUT2D eigenvalue weighted by atomic mass is 10.1. The van der Waals surface area contributed by atoms with Gasteiger partial charge in [0, 0.05) is 6.54 Å². The van der Waals surface area contributed by atoms with Crippen LogP contribution in [0.25, 0.3) is 0 Å². The van der Waals surface area contributed by atoms with Crippen LogP contribution in [0.5, 0.6) is 5.75 Å². The van der Waals surface area contributed by atoms with Crippen LogP contribution in [0.3, 0.4) is 0 Å². The minimum Gasteiger partial charge on any atom is -0.492 e. The summed E-state index contributed by atoms with van der Waals surface area (Å²) in [5.74, 6) is 0.829. The summed E-state index contributed by atoms with van der Waals surface area (Å²) in [6.07, 6.45) is -0.443. The molecule has 3 nitrogen and oxygen atoms in total. The Bertz CT molecular complexity index is 322. The molecule has 0 spiro atoms. The first kappa shape index (κ1) is 14.0. The van der Waals surface area contributed by atoms with Gasteiger partial charge in [0.25, 0.3) is 0 Å². The maximum atomic E-state index is 9.47. The van der Waals surface area contributed by atoms with Crippen LogP contribution in [0.1, 0.15) is 32.4 Å². The van der Waals surface area contributed by atoms with Gasteiger partial charge < -0.3 is 14.7 Å². The van der Waals surface area contributed by atoms with E-state index < -0.39 is 6.10 Å². The summed E-state index contributed by atoms with van der Waals surface area (Å²) < 4.78 is 5.68. The van der Waals surface area contributed by atoms with Crippen LogP contribution in [0, 0.1) is 0 Å². The summed E-state index contributed by atoms with van der Waals surface area (Å²) in [6.45, 7) is 9.78. The van der Waals surface area contributed by atoms with Crippen LogP contribution in [0.2, 0.25) is 0 Å². The molecule has 1 atom stereocenters.